The Hall–Kier alpha value is -1.55. The van der Waals surface area contributed by atoms with Gasteiger partial charge in [-0.15, -0.1) is 0 Å². The molecule has 1 amide bonds. The van der Waals surface area contributed by atoms with Gasteiger partial charge < -0.3 is 4.74 Å². The number of hydrogen-bond donors (Lipinski definition) is 2. The summed E-state index contributed by atoms with van der Waals surface area (Å²) >= 11 is 0. The third-order valence-corrected chi connectivity index (χ3v) is 3.40. The Morgan fingerprint density at radius 1 is 1.26 bits per heavy atom. The molecule has 104 valence electrons. The largest absolute Gasteiger partial charge is 0.494 e. The number of amides is 1. The summed E-state index contributed by atoms with van der Waals surface area (Å²) in [5.74, 6) is 0.922. The van der Waals surface area contributed by atoms with Gasteiger partial charge in [0.05, 0.1) is 6.61 Å². The van der Waals surface area contributed by atoms with Crippen molar-refractivity contribution in [3.05, 3.63) is 29.3 Å². The monoisotopic (exact) mass is 262 g/mol. The predicted molar refractivity (Wildman–Crippen MR) is 75.0 cm³/mol. The van der Waals surface area contributed by atoms with Crippen molar-refractivity contribution in [1.82, 2.24) is 10.9 Å². The highest BCUT2D eigenvalue weighted by Gasteiger charge is 2.09. The molecule has 1 aromatic rings. The van der Waals surface area contributed by atoms with Crippen LogP contribution < -0.4 is 15.6 Å². The number of benzene rings is 1. The first-order chi connectivity index (χ1) is 9.29. The van der Waals surface area contributed by atoms with Crippen molar-refractivity contribution in [2.75, 3.05) is 13.7 Å². The molecule has 0 fully saturated rings. The Labute approximate surface area is 114 Å². The van der Waals surface area contributed by atoms with Crippen LogP contribution in [0.25, 0.3) is 0 Å². The minimum atomic E-state index is -0.00320. The van der Waals surface area contributed by atoms with Gasteiger partial charge in [-0.05, 0) is 55.4 Å². The molecule has 1 aliphatic rings. The van der Waals surface area contributed by atoms with Crippen molar-refractivity contribution in [2.24, 2.45) is 0 Å². The topological polar surface area (TPSA) is 50.4 Å². The van der Waals surface area contributed by atoms with Gasteiger partial charge in [0.25, 0.3) is 0 Å². The van der Waals surface area contributed by atoms with E-state index < -0.39 is 0 Å². The maximum Gasteiger partial charge on any atom is 0.234 e. The van der Waals surface area contributed by atoms with Crippen LogP contribution in [-0.2, 0) is 17.6 Å². The first kappa shape index (κ1) is 13.9. The van der Waals surface area contributed by atoms with Crippen LogP contribution in [0.1, 0.15) is 36.8 Å². The Balaban J connectivity index is 1.75. The Morgan fingerprint density at radius 3 is 2.84 bits per heavy atom. The van der Waals surface area contributed by atoms with Gasteiger partial charge in [-0.3, -0.25) is 10.2 Å². The van der Waals surface area contributed by atoms with Gasteiger partial charge >= 0.3 is 0 Å². The molecule has 0 atom stereocenters. The van der Waals surface area contributed by atoms with Crippen LogP contribution in [0.4, 0.5) is 0 Å². The molecular formula is C15H22N2O2. The number of nitrogens with one attached hydrogen (secondary N) is 2. The van der Waals surface area contributed by atoms with Gasteiger partial charge in [0.1, 0.15) is 5.75 Å². The molecule has 0 spiro atoms. The van der Waals surface area contributed by atoms with Crippen LogP contribution in [0, 0.1) is 0 Å². The Kier molecular flexibility index (Phi) is 5.21. The lowest BCUT2D eigenvalue weighted by molar-refractivity contribution is -0.122. The second kappa shape index (κ2) is 7.14. The van der Waals surface area contributed by atoms with Crippen LogP contribution in [-0.4, -0.2) is 19.6 Å². The van der Waals surface area contributed by atoms with E-state index in [0.717, 1.165) is 18.6 Å². The number of fused-ring (bicyclic) bond motifs is 1. The summed E-state index contributed by atoms with van der Waals surface area (Å²) in [5, 5.41) is 0. The molecule has 0 aliphatic heterocycles. The highest BCUT2D eigenvalue weighted by molar-refractivity contribution is 5.75. The van der Waals surface area contributed by atoms with E-state index in [4.69, 9.17) is 4.74 Å². The number of hydrogen-bond acceptors (Lipinski definition) is 3. The number of aryl methyl sites for hydroxylation is 2. The molecule has 0 radical (unpaired) electrons. The molecular weight excluding hydrogens is 240 g/mol. The van der Waals surface area contributed by atoms with Crippen LogP contribution in [0.3, 0.4) is 0 Å². The average molecular weight is 262 g/mol. The molecule has 0 bridgehead atoms. The highest BCUT2D eigenvalue weighted by Crippen LogP contribution is 2.25. The van der Waals surface area contributed by atoms with E-state index in [-0.39, 0.29) is 5.91 Å². The molecule has 1 aliphatic carbocycles. The van der Waals surface area contributed by atoms with Crippen LogP contribution >= 0.6 is 0 Å². The number of carbonyl (C=O) groups is 1. The highest BCUT2D eigenvalue weighted by atomic mass is 16.5. The van der Waals surface area contributed by atoms with Gasteiger partial charge in [0.2, 0.25) is 5.91 Å². The average Bonchev–Trinajstić information content (AvgIpc) is 2.44. The molecule has 0 saturated carbocycles. The molecule has 1 aromatic carbocycles. The lowest BCUT2D eigenvalue weighted by atomic mass is 9.92. The summed E-state index contributed by atoms with van der Waals surface area (Å²) in [5.41, 5.74) is 8.05. The summed E-state index contributed by atoms with van der Waals surface area (Å²) in [6, 6.07) is 6.37. The van der Waals surface area contributed by atoms with E-state index in [0.29, 0.717) is 13.0 Å². The van der Waals surface area contributed by atoms with Crippen molar-refractivity contribution in [1.29, 1.82) is 0 Å². The molecule has 4 nitrogen and oxygen atoms in total. The number of ether oxygens (including phenoxy) is 1. The summed E-state index contributed by atoms with van der Waals surface area (Å²) in [7, 11) is 1.68. The molecule has 0 aromatic heterocycles. The zero-order valence-electron chi connectivity index (χ0n) is 11.5. The lowest BCUT2D eigenvalue weighted by Crippen LogP contribution is -2.34. The molecule has 0 unspecified atom stereocenters. The van der Waals surface area contributed by atoms with E-state index in [1.165, 1.54) is 30.4 Å². The molecule has 2 N–H and O–H groups in total. The second-order valence-electron chi connectivity index (χ2n) is 4.89. The van der Waals surface area contributed by atoms with Crippen molar-refractivity contribution in [3.63, 3.8) is 0 Å². The maximum absolute atomic E-state index is 11.2. The van der Waals surface area contributed by atoms with Gasteiger partial charge in [-0.1, -0.05) is 6.07 Å². The fraction of sp³-hybridized carbons (Fsp3) is 0.533. The number of hydrazine groups is 1. The smallest absolute Gasteiger partial charge is 0.234 e. The third kappa shape index (κ3) is 4.24. The van der Waals surface area contributed by atoms with E-state index in [9.17, 15) is 4.79 Å². The normalized spacial score (nSPS) is 13.7. The molecule has 4 heteroatoms. The minimum Gasteiger partial charge on any atom is -0.494 e. The van der Waals surface area contributed by atoms with Crippen LogP contribution in [0.15, 0.2) is 18.2 Å². The van der Waals surface area contributed by atoms with Crippen LogP contribution in [0.2, 0.25) is 0 Å². The zero-order chi connectivity index (χ0) is 13.5. The summed E-state index contributed by atoms with van der Waals surface area (Å²) in [6.07, 6.45) is 6.14. The molecule has 19 heavy (non-hydrogen) atoms. The van der Waals surface area contributed by atoms with Crippen LogP contribution in [0.5, 0.6) is 5.75 Å². The standard InChI is InChI=1S/C15H22N2O2/c1-16-17-15(18)7-4-10-19-14-9-8-12-5-2-3-6-13(12)11-14/h8-9,11,16H,2-7,10H2,1H3,(H,17,18). The van der Waals surface area contributed by atoms with E-state index >= 15 is 0 Å². The van der Waals surface area contributed by atoms with E-state index in [2.05, 4.69) is 23.0 Å². The van der Waals surface area contributed by atoms with Crippen molar-refractivity contribution in [2.45, 2.75) is 38.5 Å². The zero-order valence-corrected chi connectivity index (χ0v) is 11.5. The lowest BCUT2D eigenvalue weighted by Gasteiger charge is -2.16. The summed E-state index contributed by atoms with van der Waals surface area (Å²) in [4.78, 5) is 11.2. The maximum atomic E-state index is 11.2. The summed E-state index contributed by atoms with van der Waals surface area (Å²) in [6.45, 7) is 0.579. The van der Waals surface area contributed by atoms with Gasteiger partial charge in [0.15, 0.2) is 0 Å². The third-order valence-electron chi connectivity index (χ3n) is 3.40. The quantitative estimate of drug-likeness (QED) is 0.609. The predicted octanol–water partition coefficient (Wildman–Crippen LogP) is 1.97. The Morgan fingerprint density at radius 2 is 2.05 bits per heavy atom. The first-order valence-electron chi connectivity index (χ1n) is 7.00. The van der Waals surface area contributed by atoms with Crippen molar-refractivity contribution in [3.8, 4) is 5.75 Å². The SMILES string of the molecule is CNNC(=O)CCCOc1ccc2c(c1)CCCC2. The first-order valence-corrected chi connectivity index (χ1v) is 7.00. The van der Waals surface area contributed by atoms with E-state index in [1.807, 2.05) is 6.07 Å². The minimum absolute atomic E-state index is 0.00320. The molecule has 0 heterocycles. The molecule has 2 rings (SSSR count). The van der Waals surface area contributed by atoms with Gasteiger partial charge in [0, 0.05) is 13.5 Å². The fourth-order valence-electron chi connectivity index (χ4n) is 2.42. The van der Waals surface area contributed by atoms with Gasteiger partial charge in [-0.2, -0.15) is 0 Å². The molecule has 0 saturated heterocycles. The Bertz CT molecular complexity index is 432. The van der Waals surface area contributed by atoms with E-state index in [1.54, 1.807) is 7.05 Å². The fourth-order valence-corrected chi connectivity index (χ4v) is 2.42. The number of carbonyl (C=O) groups excluding carboxylic acids is 1. The van der Waals surface area contributed by atoms with Crippen molar-refractivity contribution < 1.29 is 9.53 Å². The number of rotatable bonds is 6. The summed E-state index contributed by atoms with van der Waals surface area (Å²) < 4.78 is 5.70. The second-order valence-corrected chi connectivity index (χ2v) is 4.89. The van der Waals surface area contributed by atoms with Crippen molar-refractivity contribution >= 4 is 5.91 Å². The van der Waals surface area contributed by atoms with Gasteiger partial charge in [-0.25, -0.2) is 5.43 Å².